The maximum absolute atomic E-state index is 13.3. The number of carbonyl (C=O) groups excluding carboxylic acids is 1. The smallest absolute Gasteiger partial charge is 0.387 e. The number of ether oxygens (including phenoxy) is 1. The molecule has 0 aliphatic carbocycles. The van der Waals surface area contributed by atoms with Crippen LogP contribution in [-0.4, -0.2) is 17.9 Å². The molecule has 3 nitrogen and oxygen atoms in total. The average molecular weight is 285 g/mol. The van der Waals surface area contributed by atoms with E-state index < -0.39 is 24.1 Å². The van der Waals surface area contributed by atoms with E-state index >= 15 is 0 Å². The lowest BCUT2D eigenvalue weighted by molar-refractivity contribution is -0.0521. The quantitative estimate of drug-likeness (QED) is 0.491. The van der Waals surface area contributed by atoms with E-state index in [1.165, 1.54) is 12.1 Å². The van der Waals surface area contributed by atoms with E-state index in [2.05, 4.69) is 9.72 Å². The molecule has 0 saturated heterocycles. The highest BCUT2D eigenvalue weighted by Crippen LogP contribution is 2.27. The molecule has 0 radical (unpaired) electrons. The van der Waals surface area contributed by atoms with Crippen LogP contribution in [-0.2, 0) is 0 Å². The second-order valence-electron chi connectivity index (χ2n) is 3.75. The Bertz CT molecular complexity index is 646. The number of halogens is 4. The van der Waals surface area contributed by atoms with Gasteiger partial charge in [-0.3, -0.25) is 4.79 Å². The summed E-state index contributed by atoms with van der Waals surface area (Å²) in [5.74, 6) is -2.55. The molecular weight excluding hydrogens is 278 g/mol. The first-order valence-electron chi connectivity index (χ1n) is 5.36. The summed E-state index contributed by atoms with van der Waals surface area (Å²) in [5, 5.41) is 0. The molecule has 0 spiro atoms. The van der Waals surface area contributed by atoms with Gasteiger partial charge in [-0.05, 0) is 23.8 Å². The van der Waals surface area contributed by atoms with E-state index in [4.69, 9.17) is 0 Å². The van der Waals surface area contributed by atoms with Gasteiger partial charge in [0.1, 0.15) is 0 Å². The third-order valence-electron chi connectivity index (χ3n) is 2.47. The number of aromatic nitrogens is 1. The molecule has 0 atom stereocenters. The van der Waals surface area contributed by atoms with E-state index in [9.17, 15) is 22.4 Å². The zero-order valence-corrected chi connectivity index (χ0v) is 9.82. The Labute approximate surface area is 110 Å². The fraction of sp³-hybridized carbons (Fsp3) is 0.0769. The van der Waals surface area contributed by atoms with Gasteiger partial charge in [-0.2, -0.15) is 13.2 Å². The molecule has 1 aromatic carbocycles. The first kappa shape index (κ1) is 14.0. The number of hydrogen-bond acceptors (Lipinski definition) is 3. The number of nitrogens with zero attached hydrogens (tertiary/aromatic N) is 1. The minimum Gasteiger partial charge on any atom is -0.432 e. The zero-order valence-electron chi connectivity index (χ0n) is 9.82. The van der Waals surface area contributed by atoms with E-state index in [0.29, 0.717) is 0 Å². The topological polar surface area (TPSA) is 39.2 Å². The molecule has 7 heteroatoms. The van der Waals surface area contributed by atoms with Crippen molar-refractivity contribution in [1.29, 1.82) is 0 Å². The van der Waals surface area contributed by atoms with Crippen LogP contribution in [0.1, 0.15) is 10.4 Å². The summed E-state index contributed by atoms with van der Waals surface area (Å²) < 4.78 is 54.6. The predicted octanol–water partition coefficient (Wildman–Crippen LogP) is 3.44. The van der Waals surface area contributed by atoms with Crippen LogP contribution in [0.5, 0.6) is 5.75 Å². The average Bonchev–Trinajstić information content (AvgIpc) is 2.41. The highest BCUT2D eigenvalue weighted by atomic mass is 19.3. The maximum Gasteiger partial charge on any atom is 0.387 e. The van der Waals surface area contributed by atoms with Crippen LogP contribution >= 0.6 is 0 Å². The molecule has 0 unspecified atom stereocenters. The number of benzene rings is 1. The normalized spacial score (nSPS) is 10.7. The molecule has 0 aliphatic rings. The van der Waals surface area contributed by atoms with Crippen LogP contribution < -0.4 is 4.74 Å². The van der Waals surface area contributed by atoms with Crippen molar-refractivity contribution in [1.82, 2.24) is 4.98 Å². The molecule has 0 aliphatic heterocycles. The fourth-order valence-electron chi connectivity index (χ4n) is 1.57. The molecule has 0 fully saturated rings. The Balaban J connectivity index is 2.45. The van der Waals surface area contributed by atoms with Crippen LogP contribution in [0.3, 0.4) is 0 Å². The fourth-order valence-corrected chi connectivity index (χ4v) is 1.57. The maximum atomic E-state index is 13.3. The predicted molar refractivity (Wildman–Crippen MR) is 61.6 cm³/mol. The Hall–Kier alpha value is -2.44. The molecule has 0 amide bonds. The molecule has 1 aromatic heterocycles. The number of rotatable bonds is 4. The first-order valence-corrected chi connectivity index (χ1v) is 5.36. The summed E-state index contributed by atoms with van der Waals surface area (Å²) in [5.41, 5.74) is 0.244. The number of aldehydes is 1. The van der Waals surface area contributed by atoms with Crippen molar-refractivity contribution in [3.8, 4) is 16.9 Å². The molecule has 2 rings (SSSR count). The summed E-state index contributed by atoms with van der Waals surface area (Å²) in [7, 11) is 0. The van der Waals surface area contributed by atoms with Gasteiger partial charge in [0, 0.05) is 11.8 Å². The molecular formula is C13H7F4NO2. The largest absolute Gasteiger partial charge is 0.432 e. The standard InChI is InChI=1S/C13H7F4NO2/c14-10-2-1-7(4-11(10)20-13(16)17)8-3-9(6-19)12(15)18-5-8/h1-6,13H. The number of pyridine rings is 1. The molecule has 1 heterocycles. The molecule has 0 bridgehead atoms. The van der Waals surface area contributed by atoms with Crippen LogP contribution in [0.2, 0.25) is 0 Å². The van der Waals surface area contributed by atoms with Gasteiger partial charge in [-0.1, -0.05) is 6.07 Å². The van der Waals surface area contributed by atoms with Crippen LogP contribution in [0.25, 0.3) is 11.1 Å². The summed E-state index contributed by atoms with van der Waals surface area (Å²) >= 11 is 0. The Morgan fingerprint density at radius 3 is 2.55 bits per heavy atom. The van der Waals surface area contributed by atoms with E-state index in [-0.39, 0.29) is 23.0 Å². The minimum atomic E-state index is -3.17. The second-order valence-corrected chi connectivity index (χ2v) is 3.75. The first-order chi connectivity index (χ1) is 9.51. The van der Waals surface area contributed by atoms with Crippen molar-refractivity contribution < 1.29 is 27.1 Å². The highest BCUT2D eigenvalue weighted by molar-refractivity contribution is 5.78. The van der Waals surface area contributed by atoms with Gasteiger partial charge < -0.3 is 4.74 Å². The van der Waals surface area contributed by atoms with E-state index in [1.54, 1.807) is 0 Å². The summed E-state index contributed by atoms with van der Waals surface area (Å²) in [6.45, 7) is -3.17. The lowest BCUT2D eigenvalue weighted by Gasteiger charge is -2.08. The van der Waals surface area contributed by atoms with Gasteiger partial charge in [-0.25, -0.2) is 9.37 Å². The van der Waals surface area contributed by atoms with Crippen molar-refractivity contribution in [2.75, 3.05) is 0 Å². The van der Waals surface area contributed by atoms with Gasteiger partial charge in [0.25, 0.3) is 0 Å². The van der Waals surface area contributed by atoms with Gasteiger partial charge >= 0.3 is 6.61 Å². The highest BCUT2D eigenvalue weighted by Gasteiger charge is 2.12. The van der Waals surface area contributed by atoms with E-state index in [1.807, 2.05) is 0 Å². The van der Waals surface area contributed by atoms with Crippen molar-refractivity contribution in [3.63, 3.8) is 0 Å². The van der Waals surface area contributed by atoms with Gasteiger partial charge in [0.05, 0.1) is 5.56 Å². The van der Waals surface area contributed by atoms with Gasteiger partial charge in [0.2, 0.25) is 5.95 Å². The van der Waals surface area contributed by atoms with Crippen LogP contribution in [0.4, 0.5) is 17.6 Å². The molecule has 0 N–H and O–H groups in total. The Morgan fingerprint density at radius 1 is 1.15 bits per heavy atom. The SMILES string of the molecule is O=Cc1cc(-c2ccc(F)c(OC(F)F)c2)cnc1F. The lowest BCUT2D eigenvalue weighted by Crippen LogP contribution is -2.03. The minimum absolute atomic E-state index is 0.262. The van der Waals surface area contributed by atoms with Crippen molar-refractivity contribution in [2.45, 2.75) is 6.61 Å². The van der Waals surface area contributed by atoms with Crippen LogP contribution in [0, 0.1) is 11.8 Å². The van der Waals surface area contributed by atoms with Gasteiger partial charge in [-0.15, -0.1) is 0 Å². The number of hydrogen-bond donors (Lipinski definition) is 0. The van der Waals surface area contributed by atoms with Crippen molar-refractivity contribution in [2.24, 2.45) is 0 Å². The second kappa shape index (κ2) is 5.68. The molecule has 20 heavy (non-hydrogen) atoms. The van der Waals surface area contributed by atoms with Crippen LogP contribution in [0.15, 0.2) is 30.5 Å². The Morgan fingerprint density at radius 2 is 1.90 bits per heavy atom. The lowest BCUT2D eigenvalue weighted by atomic mass is 10.1. The number of carbonyl (C=O) groups is 1. The van der Waals surface area contributed by atoms with Crippen molar-refractivity contribution >= 4 is 6.29 Å². The molecule has 0 saturated carbocycles. The van der Waals surface area contributed by atoms with Gasteiger partial charge in [0.15, 0.2) is 17.9 Å². The summed E-state index contributed by atoms with van der Waals surface area (Å²) in [4.78, 5) is 14.0. The van der Waals surface area contributed by atoms with Crippen molar-refractivity contribution in [3.05, 3.63) is 47.8 Å². The molecule has 104 valence electrons. The third-order valence-corrected chi connectivity index (χ3v) is 2.47. The van der Waals surface area contributed by atoms with E-state index in [0.717, 1.165) is 18.3 Å². The third kappa shape index (κ3) is 2.93. The Kier molecular flexibility index (Phi) is 3.97. The monoisotopic (exact) mass is 285 g/mol. The zero-order chi connectivity index (χ0) is 14.7. The summed E-state index contributed by atoms with van der Waals surface area (Å²) in [6, 6.07) is 4.40. The summed E-state index contributed by atoms with van der Waals surface area (Å²) in [6.07, 6.45) is 1.37. The number of alkyl halides is 2. The molecule has 2 aromatic rings.